The second-order valence-electron chi connectivity index (χ2n) is 6.51. The van der Waals surface area contributed by atoms with Crippen molar-refractivity contribution in [2.24, 2.45) is 0 Å². The van der Waals surface area contributed by atoms with Gasteiger partial charge in [0.2, 0.25) is 11.0 Å². The van der Waals surface area contributed by atoms with Gasteiger partial charge in [-0.25, -0.2) is 8.42 Å². The molecule has 8 heteroatoms. The fourth-order valence-electron chi connectivity index (χ4n) is 3.00. The van der Waals surface area contributed by atoms with Gasteiger partial charge in [-0.3, -0.25) is 4.79 Å². The van der Waals surface area contributed by atoms with Crippen molar-refractivity contribution in [1.82, 2.24) is 10.2 Å². The molecule has 1 aliphatic carbocycles. The van der Waals surface area contributed by atoms with Crippen molar-refractivity contribution < 1.29 is 13.2 Å². The van der Waals surface area contributed by atoms with E-state index in [9.17, 15) is 13.2 Å². The van der Waals surface area contributed by atoms with Crippen molar-refractivity contribution in [2.45, 2.75) is 56.8 Å². The number of nitrogens with zero attached hydrogens (tertiary/aromatic N) is 2. The van der Waals surface area contributed by atoms with E-state index in [2.05, 4.69) is 22.4 Å². The largest absolute Gasteiger partial charge is 0.301 e. The number of nitrogens with one attached hydrogen (secondary N) is 1. The van der Waals surface area contributed by atoms with Gasteiger partial charge in [0.05, 0.1) is 10.6 Å². The van der Waals surface area contributed by atoms with Gasteiger partial charge in [0.15, 0.2) is 9.84 Å². The predicted molar refractivity (Wildman–Crippen MR) is 102 cm³/mol. The Bertz CT molecular complexity index is 891. The number of hydrogen-bond donors (Lipinski definition) is 1. The Kier molecular flexibility index (Phi) is 6.03. The van der Waals surface area contributed by atoms with Crippen molar-refractivity contribution in [3.8, 4) is 0 Å². The van der Waals surface area contributed by atoms with Crippen LogP contribution in [0.4, 0.5) is 5.13 Å². The van der Waals surface area contributed by atoms with Crippen LogP contribution in [0.1, 0.15) is 48.7 Å². The van der Waals surface area contributed by atoms with Crippen LogP contribution < -0.4 is 5.32 Å². The molecule has 0 saturated carbocycles. The number of fused-ring (bicyclic) bond motifs is 1. The molecule has 0 atom stereocenters. The first-order chi connectivity index (χ1) is 12.5. The highest BCUT2D eigenvalue weighted by atomic mass is 32.2. The van der Waals surface area contributed by atoms with Crippen LogP contribution in [0.2, 0.25) is 0 Å². The van der Waals surface area contributed by atoms with E-state index in [1.54, 1.807) is 12.1 Å². The number of hydrogen-bond acceptors (Lipinski definition) is 6. The third kappa shape index (κ3) is 4.67. The summed E-state index contributed by atoms with van der Waals surface area (Å²) < 4.78 is 25.0. The van der Waals surface area contributed by atoms with E-state index in [1.165, 1.54) is 16.9 Å². The number of aryl methyl sites for hydroxylation is 3. The van der Waals surface area contributed by atoms with E-state index >= 15 is 0 Å². The van der Waals surface area contributed by atoms with Crippen LogP contribution >= 0.6 is 11.3 Å². The summed E-state index contributed by atoms with van der Waals surface area (Å²) in [4.78, 5) is 12.4. The molecule has 1 aliphatic rings. The summed E-state index contributed by atoms with van der Waals surface area (Å²) in [6.07, 6.45) is 5.86. The van der Waals surface area contributed by atoms with E-state index in [1.807, 2.05) is 6.07 Å². The number of carbonyl (C=O) groups excluding carboxylic acids is 1. The van der Waals surface area contributed by atoms with Crippen molar-refractivity contribution in [3.05, 3.63) is 34.3 Å². The Morgan fingerprint density at radius 1 is 1.23 bits per heavy atom. The molecule has 0 unspecified atom stereocenters. The summed E-state index contributed by atoms with van der Waals surface area (Å²) in [5, 5.41) is 11.9. The Hall–Kier alpha value is -1.80. The molecule has 0 aliphatic heterocycles. The molecule has 0 saturated heterocycles. The van der Waals surface area contributed by atoms with Gasteiger partial charge in [-0.05, 0) is 48.9 Å². The number of aromatic nitrogens is 2. The highest BCUT2D eigenvalue weighted by molar-refractivity contribution is 7.91. The van der Waals surface area contributed by atoms with E-state index in [-0.39, 0.29) is 18.1 Å². The summed E-state index contributed by atoms with van der Waals surface area (Å²) in [6, 6.07) is 5.32. The molecule has 0 spiro atoms. The molecule has 1 heterocycles. The van der Waals surface area contributed by atoms with Crippen LogP contribution in [0.5, 0.6) is 0 Å². The molecule has 0 bridgehead atoms. The number of sulfone groups is 1. The van der Waals surface area contributed by atoms with Gasteiger partial charge in [0.1, 0.15) is 5.01 Å². The predicted octanol–water partition coefficient (Wildman–Crippen LogP) is 3.17. The van der Waals surface area contributed by atoms with E-state index in [4.69, 9.17) is 0 Å². The minimum atomic E-state index is -3.47. The van der Waals surface area contributed by atoms with Crippen LogP contribution in [-0.2, 0) is 33.9 Å². The summed E-state index contributed by atoms with van der Waals surface area (Å²) >= 11 is 1.34. The van der Waals surface area contributed by atoms with Crippen molar-refractivity contribution >= 4 is 32.2 Å². The first kappa shape index (κ1) is 19.0. The molecule has 1 aromatic heterocycles. The molecule has 1 aromatic carbocycles. The third-order valence-electron chi connectivity index (χ3n) is 4.48. The highest BCUT2D eigenvalue weighted by Gasteiger charge is 2.20. The smallest absolute Gasteiger partial charge is 0.227 e. The Morgan fingerprint density at radius 3 is 2.85 bits per heavy atom. The highest BCUT2D eigenvalue weighted by Crippen LogP contribution is 2.25. The number of benzene rings is 1. The summed E-state index contributed by atoms with van der Waals surface area (Å²) in [5.74, 6) is -0.563. The second-order valence-corrected chi connectivity index (χ2v) is 9.68. The summed E-state index contributed by atoms with van der Waals surface area (Å²) in [5.41, 5.74) is 2.35. The number of carbonyl (C=O) groups is 1. The topological polar surface area (TPSA) is 89.0 Å². The van der Waals surface area contributed by atoms with Crippen LogP contribution in [0.15, 0.2) is 23.1 Å². The molecule has 6 nitrogen and oxygen atoms in total. The normalized spacial score (nSPS) is 13.6. The van der Waals surface area contributed by atoms with Crippen LogP contribution in [-0.4, -0.2) is 30.3 Å². The fraction of sp³-hybridized carbons (Fsp3) is 0.500. The molecule has 3 rings (SSSR count). The Labute approximate surface area is 158 Å². The zero-order chi connectivity index (χ0) is 18.6. The lowest BCUT2D eigenvalue weighted by molar-refractivity contribution is -0.115. The monoisotopic (exact) mass is 393 g/mol. The second kappa shape index (κ2) is 8.26. The molecule has 1 N–H and O–H groups in total. The Morgan fingerprint density at radius 2 is 2.04 bits per heavy atom. The molecule has 26 heavy (non-hydrogen) atoms. The van der Waals surface area contributed by atoms with Crippen LogP contribution in [0.3, 0.4) is 0 Å². The molecule has 1 amide bonds. The van der Waals surface area contributed by atoms with E-state index in [0.29, 0.717) is 10.0 Å². The first-order valence-corrected chi connectivity index (χ1v) is 11.4. The van der Waals surface area contributed by atoms with Gasteiger partial charge in [-0.1, -0.05) is 30.7 Å². The molecular formula is C18H23N3O3S2. The molecular weight excluding hydrogens is 370 g/mol. The molecule has 0 fully saturated rings. The quantitative estimate of drug-likeness (QED) is 0.744. The maximum Gasteiger partial charge on any atom is 0.227 e. The standard InChI is InChI=1S/C18H23N3O3S2/c1-2-3-7-17-20-21-18(25-17)19-16(22)10-11-26(23,24)15-9-8-13-5-4-6-14(13)12-15/h8-9,12H,2-7,10-11H2,1H3,(H,19,21,22). The fourth-order valence-corrected chi connectivity index (χ4v) is 5.09. The van der Waals surface area contributed by atoms with Crippen LogP contribution in [0, 0.1) is 0 Å². The van der Waals surface area contributed by atoms with E-state index < -0.39 is 9.84 Å². The maximum atomic E-state index is 12.5. The average molecular weight is 394 g/mol. The Balaban J connectivity index is 1.55. The van der Waals surface area contributed by atoms with Crippen molar-refractivity contribution in [2.75, 3.05) is 11.1 Å². The summed E-state index contributed by atoms with van der Waals surface area (Å²) in [6.45, 7) is 2.10. The van der Waals surface area contributed by atoms with Gasteiger partial charge >= 0.3 is 0 Å². The molecule has 2 aromatic rings. The van der Waals surface area contributed by atoms with Gasteiger partial charge < -0.3 is 5.32 Å². The van der Waals surface area contributed by atoms with Crippen molar-refractivity contribution in [1.29, 1.82) is 0 Å². The minimum Gasteiger partial charge on any atom is -0.301 e. The van der Waals surface area contributed by atoms with Crippen LogP contribution in [0.25, 0.3) is 0 Å². The lowest BCUT2D eigenvalue weighted by atomic mass is 10.1. The maximum absolute atomic E-state index is 12.5. The van der Waals surface area contributed by atoms with Gasteiger partial charge in [0, 0.05) is 12.8 Å². The van der Waals surface area contributed by atoms with Crippen molar-refractivity contribution in [3.63, 3.8) is 0 Å². The average Bonchev–Trinajstić information content (AvgIpc) is 3.26. The minimum absolute atomic E-state index is 0.0940. The SMILES string of the molecule is CCCCc1nnc(NC(=O)CCS(=O)(=O)c2ccc3c(c2)CCC3)s1. The van der Waals surface area contributed by atoms with Gasteiger partial charge in [-0.15, -0.1) is 10.2 Å². The zero-order valence-corrected chi connectivity index (χ0v) is 16.5. The number of unbranched alkanes of at least 4 members (excludes halogenated alkanes) is 1. The molecule has 0 radical (unpaired) electrons. The lowest BCUT2D eigenvalue weighted by Gasteiger charge is -2.07. The number of amides is 1. The van der Waals surface area contributed by atoms with Gasteiger partial charge in [-0.2, -0.15) is 0 Å². The number of anilines is 1. The van der Waals surface area contributed by atoms with E-state index in [0.717, 1.165) is 49.1 Å². The molecule has 140 valence electrons. The summed E-state index contributed by atoms with van der Waals surface area (Å²) in [7, 11) is -3.47. The third-order valence-corrected chi connectivity index (χ3v) is 7.10. The van der Waals surface area contributed by atoms with Gasteiger partial charge in [0.25, 0.3) is 0 Å². The first-order valence-electron chi connectivity index (χ1n) is 8.95. The zero-order valence-electron chi connectivity index (χ0n) is 14.8. The lowest BCUT2D eigenvalue weighted by Crippen LogP contribution is -2.17. The number of rotatable bonds is 8.